The normalized spacial score (nSPS) is 16.2. The summed E-state index contributed by atoms with van der Waals surface area (Å²) in [6.45, 7) is 6.53. The maximum atomic E-state index is 12.9. The fourth-order valence-corrected chi connectivity index (χ4v) is 4.41. The lowest BCUT2D eigenvalue weighted by Gasteiger charge is -2.33. The van der Waals surface area contributed by atoms with Crippen LogP contribution in [0.3, 0.4) is 0 Å². The van der Waals surface area contributed by atoms with Crippen molar-refractivity contribution in [1.29, 1.82) is 0 Å². The van der Waals surface area contributed by atoms with Gasteiger partial charge in [0.1, 0.15) is 6.04 Å². The lowest BCUT2D eigenvalue weighted by Crippen LogP contribution is -2.50. The zero-order valence-corrected chi connectivity index (χ0v) is 17.8. The van der Waals surface area contributed by atoms with Gasteiger partial charge in [-0.1, -0.05) is 13.0 Å². The van der Waals surface area contributed by atoms with Gasteiger partial charge in [0.2, 0.25) is 21.8 Å². The summed E-state index contributed by atoms with van der Waals surface area (Å²) in [6.07, 6.45) is 0.785. The van der Waals surface area contributed by atoms with Gasteiger partial charge in [-0.3, -0.25) is 14.4 Å². The molecule has 1 aromatic carbocycles. The fraction of sp³-hybridized carbons (Fsp3) is 0.526. The van der Waals surface area contributed by atoms with E-state index in [4.69, 9.17) is 0 Å². The molecule has 0 aromatic heterocycles. The number of carbonyl (C=O) groups is 3. The minimum Gasteiger partial charge on any atom is -0.354 e. The molecule has 1 heterocycles. The van der Waals surface area contributed by atoms with Crippen LogP contribution in [0.5, 0.6) is 0 Å². The number of carbonyl (C=O) groups excluding carboxylic acids is 3. The van der Waals surface area contributed by atoms with Crippen LogP contribution < -0.4 is 10.6 Å². The maximum absolute atomic E-state index is 12.9. The Kier molecular flexibility index (Phi) is 7.74. The number of hydrogen-bond acceptors (Lipinski definition) is 5. The van der Waals surface area contributed by atoms with Crippen molar-refractivity contribution in [2.75, 3.05) is 32.7 Å². The lowest BCUT2D eigenvalue weighted by atomic mass is 10.2. The predicted octanol–water partition coefficient (Wildman–Crippen LogP) is 0.184. The number of nitrogens with zero attached hydrogens (tertiary/aromatic N) is 2. The molecular weight excluding hydrogens is 396 g/mol. The van der Waals surface area contributed by atoms with Crippen molar-refractivity contribution >= 4 is 27.7 Å². The Balaban J connectivity index is 2.09. The van der Waals surface area contributed by atoms with Gasteiger partial charge in [0.25, 0.3) is 5.91 Å². The quantitative estimate of drug-likeness (QED) is 0.648. The molecular formula is C19H28N4O5S. The molecule has 10 heteroatoms. The van der Waals surface area contributed by atoms with E-state index in [2.05, 4.69) is 10.6 Å². The molecule has 9 nitrogen and oxygen atoms in total. The number of benzene rings is 1. The molecule has 29 heavy (non-hydrogen) atoms. The van der Waals surface area contributed by atoms with Gasteiger partial charge in [0.05, 0.1) is 4.90 Å². The molecule has 0 saturated carbocycles. The Morgan fingerprint density at radius 1 is 1.14 bits per heavy atom. The Bertz CT molecular complexity index is 863. The Hall–Kier alpha value is -2.46. The van der Waals surface area contributed by atoms with Gasteiger partial charge >= 0.3 is 0 Å². The van der Waals surface area contributed by atoms with E-state index in [-0.39, 0.29) is 35.4 Å². The van der Waals surface area contributed by atoms with Gasteiger partial charge in [-0.15, -0.1) is 0 Å². The lowest BCUT2D eigenvalue weighted by molar-refractivity contribution is -0.130. The van der Waals surface area contributed by atoms with Gasteiger partial charge in [-0.05, 0) is 31.5 Å². The number of piperazine rings is 1. The first-order valence-electron chi connectivity index (χ1n) is 9.61. The summed E-state index contributed by atoms with van der Waals surface area (Å²) in [4.78, 5) is 37.4. The zero-order chi connectivity index (χ0) is 21.6. The van der Waals surface area contributed by atoms with Crippen LogP contribution in [-0.2, 0) is 19.6 Å². The molecule has 0 bridgehead atoms. The molecule has 1 atom stereocenters. The largest absolute Gasteiger partial charge is 0.354 e. The smallest absolute Gasteiger partial charge is 0.251 e. The highest BCUT2D eigenvalue weighted by Gasteiger charge is 2.29. The SMILES string of the molecule is CCCNC(=O)[C@H](C)NC(=O)c1cccc(S(=O)(=O)N2CCN(C(C)=O)CC2)c1. The molecule has 0 aliphatic carbocycles. The van der Waals surface area contributed by atoms with E-state index in [1.807, 2.05) is 6.92 Å². The molecule has 0 unspecified atom stereocenters. The van der Waals surface area contributed by atoms with E-state index >= 15 is 0 Å². The highest BCUT2D eigenvalue weighted by atomic mass is 32.2. The Morgan fingerprint density at radius 3 is 2.38 bits per heavy atom. The van der Waals surface area contributed by atoms with Crippen LogP contribution in [0.2, 0.25) is 0 Å². The first-order valence-corrected chi connectivity index (χ1v) is 11.0. The van der Waals surface area contributed by atoms with E-state index in [1.165, 1.54) is 35.5 Å². The van der Waals surface area contributed by atoms with Crippen LogP contribution in [0.25, 0.3) is 0 Å². The summed E-state index contributed by atoms with van der Waals surface area (Å²) in [5.74, 6) is -0.910. The standard InChI is InChI=1S/C19H28N4O5S/c1-4-8-20-18(25)14(2)21-19(26)16-6-5-7-17(13-16)29(27,28)23-11-9-22(10-12-23)15(3)24/h5-7,13-14H,4,8-12H2,1-3H3,(H,20,25)(H,21,26)/t14-/m0/s1. The van der Waals surface area contributed by atoms with Crippen LogP contribution >= 0.6 is 0 Å². The first kappa shape index (κ1) is 22.8. The number of sulfonamides is 1. The van der Waals surface area contributed by atoms with E-state index in [9.17, 15) is 22.8 Å². The van der Waals surface area contributed by atoms with E-state index in [1.54, 1.807) is 11.8 Å². The van der Waals surface area contributed by atoms with E-state index in [0.29, 0.717) is 19.6 Å². The van der Waals surface area contributed by atoms with Crippen LogP contribution in [-0.4, -0.2) is 74.1 Å². The Morgan fingerprint density at radius 2 is 1.79 bits per heavy atom. The second-order valence-corrected chi connectivity index (χ2v) is 8.86. The number of hydrogen-bond donors (Lipinski definition) is 2. The van der Waals surface area contributed by atoms with E-state index in [0.717, 1.165) is 6.42 Å². The predicted molar refractivity (Wildman–Crippen MR) is 108 cm³/mol. The molecule has 2 rings (SSSR count). The highest BCUT2D eigenvalue weighted by molar-refractivity contribution is 7.89. The van der Waals surface area contributed by atoms with Crippen molar-refractivity contribution in [3.8, 4) is 0 Å². The van der Waals surface area contributed by atoms with Crippen molar-refractivity contribution in [3.05, 3.63) is 29.8 Å². The minimum atomic E-state index is -3.79. The molecule has 0 spiro atoms. The van der Waals surface area contributed by atoms with Crippen LogP contribution in [0, 0.1) is 0 Å². The zero-order valence-electron chi connectivity index (χ0n) is 17.0. The number of nitrogens with one attached hydrogen (secondary N) is 2. The minimum absolute atomic E-state index is 0.00418. The summed E-state index contributed by atoms with van der Waals surface area (Å²) >= 11 is 0. The Labute approximate surface area is 171 Å². The van der Waals surface area contributed by atoms with Gasteiger partial charge in [0.15, 0.2) is 0 Å². The third-order valence-electron chi connectivity index (χ3n) is 4.71. The van der Waals surface area contributed by atoms with Crippen molar-refractivity contribution in [2.45, 2.75) is 38.1 Å². The summed E-state index contributed by atoms with van der Waals surface area (Å²) in [5.41, 5.74) is 0.156. The van der Waals surface area contributed by atoms with Crippen molar-refractivity contribution in [1.82, 2.24) is 19.8 Å². The molecule has 1 aliphatic heterocycles. The second-order valence-electron chi connectivity index (χ2n) is 6.92. The van der Waals surface area contributed by atoms with Crippen LogP contribution in [0.4, 0.5) is 0 Å². The molecule has 1 saturated heterocycles. The summed E-state index contributed by atoms with van der Waals surface area (Å²) < 4.78 is 27.1. The number of amides is 3. The summed E-state index contributed by atoms with van der Waals surface area (Å²) in [7, 11) is -3.79. The second kappa shape index (κ2) is 9.84. The third-order valence-corrected chi connectivity index (χ3v) is 6.60. The van der Waals surface area contributed by atoms with Gasteiger partial charge in [-0.25, -0.2) is 8.42 Å². The van der Waals surface area contributed by atoms with E-state index < -0.39 is 22.0 Å². The average Bonchev–Trinajstić information content (AvgIpc) is 2.71. The van der Waals surface area contributed by atoms with Crippen molar-refractivity contribution in [3.63, 3.8) is 0 Å². The molecule has 1 aromatic rings. The first-order chi connectivity index (χ1) is 13.7. The van der Waals surface area contributed by atoms with Crippen LogP contribution in [0.15, 0.2) is 29.2 Å². The number of rotatable bonds is 7. The molecule has 3 amide bonds. The average molecular weight is 425 g/mol. The summed E-state index contributed by atoms with van der Waals surface area (Å²) in [6, 6.07) is 4.99. The summed E-state index contributed by atoms with van der Waals surface area (Å²) in [5, 5.41) is 5.27. The third kappa shape index (κ3) is 5.77. The maximum Gasteiger partial charge on any atom is 0.251 e. The van der Waals surface area contributed by atoms with Gasteiger partial charge < -0.3 is 15.5 Å². The van der Waals surface area contributed by atoms with Gasteiger partial charge in [-0.2, -0.15) is 4.31 Å². The molecule has 2 N–H and O–H groups in total. The molecule has 0 radical (unpaired) electrons. The van der Waals surface area contributed by atoms with Crippen LogP contribution in [0.1, 0.15) is 37.6 Å². The van der Waals surface area contributed by atoms with Gasteiger partial charge in [0, 0.05) is 45.2 Å². The molecule has 1 aliphatic rings. The molecule has 1 fully saturated rings. The highest BCUT2D eigenvalue weighted by Crippen LogP contribution is 2.19. The molecule has 160 valence electrons. The monoisotopic (exact) mass is 424 g/mol. The van der Waals surface area contributed by atoms with Crippen molar-refractivity contribution < 1.29 is 22.8 Å². The fourth-order valence-electron chi connectivity index (χ4n) is 2.94. The topological polar surface area (TPSA) is 116 Å². The van der Waals surface area contributed by atoms with Crippen molar-refractivity contribution in [2.24, 2.45) is 0 Å².